The molecular formula is C12H16BrNO. The van der Waals surface area contributed by atoms with Crippen molar-refractivity contribution in [2.45, 2.75) is 26.3 Å². The van der Waals surface area contributed by atoms with Crippen LogP contribution in [0.5, 0.6) is 0 Å². The van der Waals surface area contributed by atoms with Crippen LogP contribution < -0.4 is 5.32 Å². The van der Waals surface area contributed by atoms with Crippen LogP contribution in [0.25, 0.3) is 0 Å². The number of halogens is 1. The lowest BCUT2D eigenvalue weighted by molar-refractivity contribution is 0.0939. The number of benzene rings is 1. The Labute approximate surface area is 99.2 Å². The summed E-state index contributed by atoms with van der Waals surface area (Å²) in [6.07, 6.45) is 0.933. The number of aryl methyl sites for hydroxylation is 1. The van der Waals surface area contributed by atoms with E-state index in [-0.39, 0.29) is 11.9 Å². The summed E-state index contributed by atoms with van der Waals surface area (Å²) in [4.78, 5) is 11.9. The molecule has 1 unspecified atom stereocenters. The standard InChI is InChI=1S/C12H16BrNO/c1-3-10(8-13)14-12(15)11-7-5-4-6-9(11)2/h4-7,10H,3,8H2,1-2H3,(H,14,15). The van der Waals surface area contributed by atoms with Crippen molar-refractivity contribution in [3.63, 3.8) is 0 Å². The zero-order chi connectivity index (χ0) is 11.3. The molecule has 0 saturated heterocycles. The number of rotatable bonds is 4. The van der Waals surface area contributed by atoms with Gasteiger partial charge in [0.05, 0.1) is 0 Å². The highest BCUT2D eigenvalue weighted by Gasteiger charge is 2.12. The van der Waals surface area contributed by atoms with Crippen molar-refractivity contribution >= 4 is 21.8 Å². The van der Waals surface area contributed by atoms with E-state index in [1.54, 1.807) is 0 Å². The zero-order valence-corrected chi connectivity index (χ0v) is 10.7. The molecule has 1 atom stereocenters. The highest BCUT2D eigenvalue weighted by atomic mass is 79.9. The van der Waals surface area contributed by atoms with Crippen LogP contribution in [0.15, 0.2) is 24.3 Å². The van der Waals surface area contributed by atoms with Gasteiger partial charge in [-0.25, -0.2) is 0 Å². The second-order valence-corrected chi connectivity index (χ2v) is 4.20. The molecule has 1 N–H and O–H groups in total. The fraction of sp³-hybridized carbons (Fsp3) is 0.417. The predicted octanol–water partition coefficient (Wildman–Crippen LogP) is 2.90. The molecule has 15 heavy (non-hydrogen) atoms. The number of carbonyl (C=O) groups is 1. The monoisotopic (exact) mass is 269 g/mol. The van der Waals surface area contributed by atoms with Gasteiger partial charge in [-0.1, -0.05) is 41.1 Å². The van der Waals surface area contributed by atoms with Gasteiger partial charge in [0.15, 0.2) is 0 Å². The number of hydrogen-bond acceptors (Lipinski definition) is 1. The second-order valence-electron chi connectivity index (χ2n) is 3.55. The van der Waals surface area contributed by atoms with Gasteiger partial charge in [-0.05, 0) is 25.0 Å². The molecule has 1 amide bonds. The van der Waals surface area contributed by atoms with E-state index in [2.05, 4.69) is 28.2 Å². The molecule has 3 heteroatoms. The Morgan fingerprint density at radius 1 is 1.47 bits per heavy atom. The number of hydrogen-bond donors (Lipinski definition) is 1. The highest BCUT2D eigenvalue weighted by molar-refractivity contribution is 9.09. The second kappa shape index (κ2) is 5.91. The SMILES string of the molecule is CCC(CBr)NC(=O)c1ccccc1C. The normalized spacial score (nSPS) is 12.2. The van der Waals surface area contributed by atoms with E-state index in [9.17, 15) is 4.79 Å². The van der Waals surface area contributed by atoms with Crippen molar-refractivity contribution in [2.24, 2.45) is 0 Å². The molecule has 1 aromatic carbocycles. The van der Waals surface area contributed by atoms with E-state index in [1.165, 1.54) is 0 Å². The molecule has 0 aromatic heterocycles. The third-order valence-corrected chi connectivity index (χ3v) is 3.19. The summed E-state index contributed by atoms with van der Waals surface area (Å²) in [7, 11) is 0. The minimum Gasteiger partial charge on any atom is -0.348 e. The van der Waals surface area contributed by atoms with Crippen molar-refractivity contribution in [2.75, 3.05) is 5.33 Å². The van der Waals surface area contributed by atoms with Crippen LogP contribution in [0.4, 0.5) is 0 Å². The zero-order valence-electron chi connectivity index (χ0n) is 9.09. The van der Waals surface area contributed by atoms with Crippen LogP contribution in [0, 0.1) is 6.92 Å². The Morgan fingerprint density at radius 3 is 2.67 bits per heavy atom. The first-order chi connectivity index (χ1) is 7.19. The summed E-state index contributed by atoms with van der Waals surface area (Å²) in [5, 5.41) is 3.78. The van der Waals surface area contributed by atoms with Crippen LogP contribution in [-0.2, 0) is 0 Å². The Balaban J connectivity index is 2.73. The fourth-order valence-corrected chi connectivity index (χ4v) is 1.96. The lowest BCUT2D eigenvalue weighted by Crippen LogP contribution is -2.35. The van der Waals surface area contributed by atoms with Crippen molar-refractivity contribution in [3.05, 3.63) is 35.4 Å². The molecule has 0 aliphatic rings. The van der Waals surface area contributed by atoms with Gasteiger partial charge < -0.3 is 5.32 Å². The van der Waals surface area contributed by atoms with Crippen molar-refractivity contribution in [1.29, 1.82) is 0 Å². The summed E-state index contributed by atoms with van der Waals surface area (Å²) in [6.45, 7) is 4.01. The molecule has 2 nitrogen and oxygen atoms in total. The molecule has 1 rings (SSSR count). The number of carbonyl (C=O) groups excluding carboxylic acids is 1. The molecular weight excluding hydrogens is 254 g/mol. The van der Waals surface area contributed by atoms with E-state index >= 15 is 0 Å². The van der Waals surface area contributed by atoms with E-state index in [4.69, 9.17) is 0 Å². The number of alkyl halides is 1. The largest absolute Gasteiger partial charge is 0.348 e. The van der Waals surface area contributed by atoms with Gasteiger partial charge in [-0.15, -0.1) is 0 Å². The third kappa shape index (κ3) is 3.34. The van der Waals surface area contributed by atoms with E-state index in [0.717, 1.165) is 22.9 Å². The third-order valence-electron chi connectivity index (χ3n) is 2.40. The van der Waals surface area contributed by atoms with Crippen LogP contribution >= 0.6 is 15.9 Å². The summed E-state index contributed by atoms with van der Waals surface area (Å²) in [5.41, 5.74) is 1.77. The van der Waals surface area contributed by atoms with Crippen molar-refractivity contribution < 1.29 is 4.79 Å². The molecule has 0 bridgehead atoms. The van der Waals surface area contributed by atoms with Crippen LogP contribution in [-0.4, -0.2) is 17.3 Å². The van der Waals surface area contributed by atoms with Gasteiger partial charge in [-0.2, -0.15) is 0 Å². The minimum absolute atomic E-state index is 0.0133. The van der Waals surface area contributed by atoms with Crippen molar-refractivity contribution in [1.82, 2.24) is 5.32 Å². The maximum absolute atomic E-state index is 11.9. The van der Waals surface area contributed by atoms with Crippen LogP contribution in [0.2, 0.25) is 0 Å². The Hall–Kier alpha value is -0.830. The molecule has 0 aliphatic carbocycles. The van der Waals surface area contributed by atoms with Gasteiger partial charge >= 0.3 is 0 Å². The van der Waals surface area contributed by atoms with Gasteiger partial charge in [0.2, 0.25) is 0 Å². The molecule has 1 aromatic rings. The first-order valence-corrected chi connectivity index (χ1v) is 6.23. The molecule has 0 radical (unpaired) electrons. The van der Waals surface area contributed by atoms with Gasteiger partial charge in [-0.3, -0.25) is 4.79 Å². The van der Waals surface area contributed by atoms with Crippen LogP contribution in [0.3, 0.4) is 0 Å². The molecule has 0 spiro atoms. The minimum atomic E-state index is 0.0133. The van der Waals surface area contributed by atoms with E-state index < -0.39 is 0 Å². The average molecular weight is 270 g/mol. The summed E-state index contributed by atoms with van der Waals surface area (Å²) in [5.74, 6) is 0.0133. The maximum atomic E-state index is 11.9. The summed E-state index contributed by atoms with van der Waals surface area (Å²) < 4.78 is 0. The highest BCUT2D eigenvalue weighted by Crippen LogP contribution is 2.07. The van der Waals surface area contributed by atoms with Gasteiger partial charge in [0.1, 0.15) is 0 Å². The number of amides is 1. The van der Waals surface area contributed by atoms with Crippen molar-refractivity contribution in [3.8, 4) is 0 Å². The fourth-order valence-electron chi connectivity index (χ4n) is 1.34. The molecule has 82 valence electrons. The maximum Gasteiger partial charge on any atom is 0.251 e. The quantitative estimate of drug-likeness (QED) is 0.837. The smallest absolute Gasteiger partial charge is 0.251 e. The van der Waals surface area contributed by atoms with Gasteiger partial charge in [0, 0.05) is 16.9 Å². The first kappa shape index (κ1) is 12.2. The number of nitrogens with one attached hydrogen (secondary N) is 1. The van der Waals surface area contributed by atoms with E-state index in [0.29, 0.717) is 0 Å². The van der Waals surface area contributed by atoms with Gasteiger partial charge in [0.25, 0.3) is 5.91 Å². The molecule has 0 saturated carbocycles. The first-order valence-electron chi connectivity index (χ1n) is 5.11. The van der Waals surface area contributed by atoms with Crippen LogP contribution in [0.1, 0.15) is 29.3 Å². The average Bonchev–Trinajstić information content (AvgIpc) is 2.26. The Bertz CT molecular complexity index is 334. The summed E-state index contributed by atoms with van der Waals surface area (Å²) >= 11 is 3.38. The molecule has 0 fully saturated rings. The molecule has 0 aliphatic heterocycles. The lowest BCUT2D eigenvalue weighted by Gasteiger charge is -2.14. The topological polar surface area (TPSA) is 29.1 Å². The molecule has 0 heterocycles. The Morgan fingerprint density at radius 2 is 2.13 bits per heavy atom. The van der Waals surface area contributed by atoms with E-state index in [1.807, 2.05) is 31.2 Å². The Kier molecular flexibility index (Phi) is 4.82. The predicted molar refractivity (Wildman–Crippen MR) is 66.5 cm³/mol. The summed E-state index contributed by atoms with van der Waals surface area (Å²) in [6, 6.07) is 7.83. The lowest BCUT2D eigenvalue weighted by atomic mass is 10.1.